The summed E-state index contributed by atoms with van der Waals surface area (Å²) in [7, 11) is 0. The van der Waals surface area contributed by atoms with Gasteiger partial charge in [-0.25, -0.2) is 4.98 Å². The Balaban J connectivity index is 1.17. The number of benzene rings is 2. The van der Waals surface area contributed by atoms with E-state index < -0.39 is 0 Å². The maximum atomic E-state index is 12.4. The molecular formula is C24H31N5O3. The minimum Gasteiger partial charge on any atom is -0.494 e. The SMILES string of the molecule is CCOc1ccc(OCCNC(=O)CN2CCCN(c3nc4ccccc4[nH]3)CC2)cc1. The second-order valence-corrected chi connectivity index (χ2v) is 7.80. The number of carbonyl (C=O) groups is 1. The van der Waals surface area contributed by atoms with Crippen molar-refractivity contribution >= 4 is 22.9 Å². The summed E-state index contributed by atoms with van der Waals surface area (Å²) < 4.78 is 11.1. The molecular weight excluding hydrogens is 406 g/mol. The van der Waals surface area contributed by atoms with Gasteiger partial charge >= 0.3 is 0 Å². The largest absolute Gasteiger partial charge is 0.494 e. The number of fused-ring (bicyclic) bond motifs is 1. The summed E-state index contributed by atoms with van der Waals surface area (Å²) >= 11 is 0. The van der Waals surface area contributed by atoms with E-state index in [-0.39, 0.29) is 5.91 Å². The van der Waals surface area contributed by atoms with E-state index in [1.807, 2.05) is 55.5 Å². The number of ether oxygens (including phenoxy) is 2. The lowest BCUT2D eigenvalue weighted by Gasteiger charge is -2.21. The standard InChI is InChI=1S/C24H31N5O3/c1-2-31-19-8-10-20(11-9-19)32-17-12-25-23(30)18-28-13-5-14-29(16-15-28)24-26-21-6-3-4-7-22(21)27-24/h3-4,6-11H,2,5,12-18H2,1H3,(H,25,30)(H,26,27). The van der Waals surface area contributed by atoms with E-state index in [1.54, 1.807) is 0 Å². The quantitative estimate of drug-likeness (QED) is 0.501. The van der Waals surface area contributed by atoms with Gasteiger partial charge in [-0.2, -0.15) is 0 Å². The van der Waals surface area contributed by atoms with E-state index in [0.29, 0.717) is 26.3 Å². The fourth-order valence-corrected chi connectivity index (χ4v) is 3.85. The highest BCUT2D eigenvalue weighted by Gasteiger charge is 2.19. The van der Waals surface area contributed by atoms with Crippen LogP contribution in [-0.4, -0.2) is 73.3 Å². The van der Waals surface area contributed by atoms with Gasteiger partial charge in [-0.1, -0.05) is 12.1 Å². The molecule has 0 atom stereocenters. The number of rotatable bonds is 9. The van der Waals surface area contributed by atoms with E-state index in [4.69, 9.17) is 14.5 Å². The maximum absolute atomic E-state index is 12.4. The first-order valence-corrected chi connectivity index (χ1v) is 11.3. The van der Waals surface area contributed by atoms with Gasteiger partial charge in [-0.3, -0.25) is 9.69 Å². The summed E-state index contributed by atoms with van der Waals surface area (Å²) in [5.41, 5.74) is 2.03. The van der Waals surface area contributed by atoms with Gasteiger partial charge in [0.15, 0.2) is 0 Å². The molecule has 0 aliphatic carbocycles. The number of nitrogens with zero attached hydrogens (tertiary/aromatic N) is 3. The first-order valence-electron chi connectivity index (χ1n) is 11.3. The van der Waals surface area contributed by atoms with Crippen molar-refractivity contribution in [2.45, 2.75) is 13.3 Å². The van der Waals surface area contributed by atoms with E-state index >= 15 is 0 Å². The van der Waals surface area contributed by atoms with Crippen LogP contribution in [0.25, 0.3) is 11.0 Å². The predicted octanol–water partition coefficient (Wildman–Crippen LogP) is 2.67. The molecule has 4 rings (SSSR count). The van der Waals surface area contributed by atoms with Gasteiger partial charge in [0.2, 0.25) is 11.9 Å². The number of amides is 1. The van der Waals surface area contributed by atoms with Crippen molar-refractivity contribution in [2.24, 2.45) is 0 Å². The Bertz CT molecular complexity index is 971. The molecule has 8 nitrogen and oxygen atoms in total. The van der Waals surface area contributed by atoms with Crippen molar-refractivity contribution in [3.63, 3.8) is 0 Å². The van der Waals surface area contributed by atoms with Gasteiger partial charge in [0.1, 0.15) is 18.1 Å². The number of aromatic amines is 1. The minimum absolute atomic E-state index is 0.0254. The third-order valence-electron chi connectivity index (χ3n) is 5.46. The molecule has 8 heteroatoms. The predicted molar refractivity (Wildman–Crippen MR) is 125 cm³/mol. The van der Waals surface area contributed by atoms with Crippen molar-refractivity contribution in [3.8, 4) is 11.5 Å². The Morgan fingerprint density at radius 3 is 2.59 bits per heavy atom. The first kappa shape index (κ1) is 22.0. The zero-order valence-corrected chi connectivity index (χ0v) is 18.5. The summed E-state index contributed by atoms with van der Waals surface area (Å²) in [6, 6.07) is 15.6. The van der Waals surface area contributed by atoms with Crippen LogP contribution in [0.4, 0.5) is 5.95 Å². The Morgan fingerprint density at radius 1 is 1.03 bits per heavy atom. The highest BCUT2D eigenvalue weighted by Crippen LogP contribution is 2.19. The van der Waals surface area contributed by atoms with E-state index in [1.165, 1.54) is 0 Å². The Labute approximate surface area is 188 Å². The van der Waals surface area contributed by atoms with E-state index in [0.717, 1.165) is 61.1 Å². The smallest absolute Gasteiger partial charge is 0.234 e. The topological polar surface area (TPSA) is 82.7 Å². The van der Waals surface area contributed by atoms with Crippen LogP contribution in [0, 0.1) is 0 Å². The molecule has 0 bridgehead atoms. The van der Waals surface area contributed by atoms with Gasteiger partial charge in [0.05, 0.1) is 30.7 Å². The molecule has 1 aliphatic rings. The molecule has 0 radical (unpaired) electrons. The highest BCUT2D eigenvalue weighted by atomic mass is 16.5. The molecule has 1 saturated heterocycles. The fourth-order valence-electron chi connectivity index (χ4n) is 3.85. The maximum Gasteiger partial charge on any atom is 0.234 e. The average molecular weight is 438 g/mol. The molecule has 1 amide bonds. The summed E-state index contributed by atoms with van der Waals surface area (Å²) in [4.78, 5) is 24.9. The normalized spacial score (nSPS) is 14.8. The Kier molecular flexibility index (Phi) is 7.45. The molecule has 2 heterocycles. The Hall–Kier alpha value is -3.26. The number of carbonyl (C=O) groups excluding carboxylic acids is 1. The number of imidazole rings is 1. The van der Waals surface area contributed by atoms with E-state index in [9.17, 15) is 4.79 Å². The molecule has 0 saturated carbocycles. The number of nitrogens with one attached hydrogen (secondary N) is 2. The van der Waals surface area contributed by atoms with Crippen molar-refractivity contribution in [3.05, 3.63) is 48.5 Å². The number of H-pyrrole nitrogens is 1. The fraction of sp³-hybridized carbons (Fsp3) is 0.417. The summed E-state index contributed by atoms with van der Waals surface area (Å²) in [5.74, 6) is 2.52. The monoisotopic (exact) mass is 437 g/mol. The third kappa shape index (κ3) is 5.91. The molecule has 2 N–H and O–H groups in total. The zero-order valence-electron chi connectivity index (χ0n) is 18.5. The summed E-state index contributed by atoms with van der Waals surface area (Å²) in [5, 5.41) is 2.95. The first-order chi connectivity index (χ1) is 15.7. The van der Waals surface area contributed by atoms with Crippen LogP contribution < -0.4 is 19.7 Å². The second-order valence-electron chi connectivity index (χ2n) is 7.80. The Morgan fingerprint density at radius 2 is 1.81 bits per heavy atom. The molecule has 1 aliphatic heterocycles. The van der Waals surface area contributed by atoms with Crippen LogP contribution in [0.3, 0.4) is 0 Å². The van der Waals surface area contributed by atoms with Gasteiger partial charge in [0, 0.05) is 26.2 Å². The summed E-state index contributed by atoms with van der Waals surface area (Å²) in [6.45, 7) is 7.39. The van der Waals surface area contributed by atoms with Gasteiger partial charge in [-0.05, 0) is 49.7 Å². The van der Waals surface area contributed by atoms with Crippen molar-refractivity contribution in [2.75, 3.05) is 57.4 Å². The molecule has 170 valence electrons. The van der Waals surface area contributed by atoms with Crippen molar-refractivity contribution < 1.29 is 14.3 Å². The second kappa shape index (κ2) is 10.9. The zero-order chi connectivity index (χ0) is 22.2. The minimum atomic E-state index is 0.0254. The lowest BCUT2D eigenvalue weighted by Crippen LogP contribution is -2.40. The van der Waals surface area contributed by atoms with Crippen molar-refractivity contribution in [1.29, 1.82) is 0 Å². The van der Waals surface area contributed by atoms with Crippen LogP contribution >= 0.6 is 0 Å². The van der Waals surface area contributed by atoms with Crippen LogP contribution in [0.5, 0.6) is 11.5 Å². The van der Waals surface area contributed by atoms with Crippen molar-refractivity contribution in [1.82, 2.24) is 20.2 Å². The summed E-state index contributed by atoms with van der Waals surface area (Å²) in [6.07, 6.45) is 0.991. The van der Waals surface area contributed by atoms with E-state index in [2.05, 4.69) is 20.1 Å². The lowest BCUT2D eigenvalue weighted by atomic mass is 10.3. The molecule has 1 fully saturated rings. The molecule has 2 aromatic carbocycles. The number of aromatic nitrogens is 2. The molecule has 1 aromatic heterocycles. The van der Waals surface area contributed by atoms with Gasteiger partial charge in [0.25, 0.3) is 0 Å². The van der Waals surface area contributed by atoms with Crippen LogP contribution in [0.15, 0.2) is 48.5 Å². The van der Waals surface area contributed by atoms with Gasteiger partial charge < -0.3 is 24.7 Å². The van der Waals surface area contributed by atoms with Crippen LogP contribution in [0.1, 0.15) is 13.3 Å². The number of hydrogen-bond acceptors (Lipinski definition) is 6. The van der Waals surface area contributed by atoms with Gasteiger partial charge in [-0.15, -0.1) is 0 Å². The third-order valence-corrected chi connectivity index (χ3v) is 5.46. The number of anilines is 1. The van der Waals surface area contributed by atoms with Crippen LogP contribution in [0.2, 0.25) is 0 Å². The number of hydrogen-bond donors (Lipinski definition) is 2. The lowest BCUT2D eigenvalue weighted by molar-refractivity contribution is -0.122. The highest BCUT2D eigenvalue weighted by molar-refractivity contribution is 5.78. The molecule has 3 aromatic rings. The van der Waals surface area contributed by atoms with Crippen LogP contribution in [-0.2, 0) is 4.79 Å². The number of para-hydroxylation sites is 2. The molecule has 32 heavy (non-hydrogen) atoms. The molecule has 0 spiro atoms. The average Bonchev–Trinajstić information content (AvgIpc) is 3.11. The molecule has 0 unspecified atom stereocenters.